The van der Waals surface area contributed by atoms with Crippen molar-refractivity contribution >= 4 is 15.7 Å². The molecule has 1 aliphatic carbocycles. The van der Waals surface area contributed by atoms with Gasteiger partial charge in [0, 0.05) is 11.6 Å². The van der Waals surface area contributed by atoms with Gasteiger partial charge in [-0.2, -0.15) is 13.2 Å². The molecule has 2 aliphatic rings. The van der Waals surface area contributed by atoms with E-state index in [0.717, 1.165) is 47.7 Å². The maximum absolute atomic E-state index is 13.5. The lowest BCUT2D eigenvalue weighted by atomic mass is 9.85. The average Bonchev–Trinajstić information content (AvgIpc) is 3.15. The molecule has 0 radical (unpaired) electrons. The highest BCUT2D eigenvalue weighted by molar-refractivity contribution is 7.91. The van der Waals surface area contributed by atoms with Crippen LogP contribution in [-0.4, -0.2) is 43.6 Å². The molecule has 2 aromatic rings. The van der Waals surface area contributed by atoms with E-state index in [4.69, 9.17) is 9.47 Å². The van der Waals surface area contributed by atoms with Gasteiger partial charge < -0.3 is 20.1 Å². The minimum atomic E-state index is -4.69. The van der Waals surface area contributed by atoms with Crippen LogP contribution in [0, 0.1) is 0 Å². The minimum Gasteiger partial charge on any atom is -0.347 e. The van der Waals surface area contributed by atoms with Gasteiger partial charge in [-0.05, 0) is 95.7 Å². The van der Waals surface area contributed by atoms with E-state index >= 15 is 0 Å². The summed E-state index contributed by atoms with van der Waals surface area (Å²) in [7, 11) is -4.24. The van der Waals surface area contributed by atoms with Crippen molar-refractivity contribution in [3.05, 3.63) is 64.7 Å². The van der Waals surface area contributed by atoms with Crippen LogP contribution >= 0.6 is 0 Å². The summed E-state index contributed by atoms with van der Waals surface area (Å²) in [5.41, 5.74) is 2.18. The first-order valence-electron chi connectivity index (χ1n) is 13.8. The van der Waals surface area contributed by atoms with E-state index in [1.165, 1.54) is 0 Å². The highest BCUT2D eigenvalue weighted by Gasteiger charge is 2.48. The zero-order valence-corrected chi connectivity index (χ0v) is 25.1. The summed E-state index contributed by atoms with van der Waals surface area (Å²) >= 11 is 0. The molecule has 0 aromatic heterocycles. The Kier molecular flexibility index (Phi) is 8.68. The Morgan fingerprint density at radius 3 is 2.46 bits per heavy atom. The Balaban J connectivity index is 1.51. The minimum absolute atomic E-state index is 0.0475. The number of carbonyl (C=O) groups excluding carboxylic acids is 1. The van der Waals surface area contributed by atoms with Crippen LogP contribution in [0.3, 0.4) is 0 Å². The van der Waals surface area contributed by atoms with E-state index < -0.39 is 56.1 Å². The van der Waals surface area contributed by atoms with E-state index in [9.17, 15) is 26.4 Å². The summed E-state index contributed by atoms with van der Waals surface area (Å²) < 4.78 is 77.4. The number of hydrogen-bond donors (Lipinski definition) is 2. The van der Waals surface area contributed by atoms with Crippen molar-refractivity contribution < 1.29 is 35.9 Å². The third-order valence-corrected chi connectivity index (χ3v) is 9.03. The third kappa shape index (κ3) is 7.68. The molecule has 2 N–H and O–H groups in total. The number of amides is 1. The predicted molar refractivity (Wildman–Crippen MR) is 149 cm³/mol. The van der Waals surface area contributed by atoms with E-state index in [1.807, 2.05) is 6.07 Å². The summed E-state index contributed by atoms with van der Waals surface area (Å²) in [6.07, 6.45) is -4.71. The molecule has 2 aromatic carbocycles. The molecule has 1 aliphatic heterocycles. The van der Waals surface area contributed by atoms with Crippen molar-refractivity contribution in [1.29, 1.82) is 0 Å². The summed E-state index contributed by atoms with van der Waals surface area (Å²) in [4.78, 5) is 13.0. The number of rotatable bonds is 7. The number of hydrogen-bond acceptors (Lipinski definition) is 6. The first kappa shape index (κ1) is 31.5. The molecule has 7 nitrogen and oxygen atoms in total. The van der Waals surface area contributed by atoms with Gasteiger partial charge in [0.15, 0.2) is 21.7 Å². The molecule has 1 amide bonds. The SMILES string of the molecule is C[C@@H](NC(C)(C)C)c1ccc2c(c1)CCCC2NC(=O)[C@@H]1OC(C)(C)O[C@@H]1CS(=O)(=O)c1cccc(C(F)(F)F)c1. The number of fused-ring (bicyclic) bond motifs is 1. The lowest BCUT2D eigenvalue weighted by Crippen LogP contribution is -2.45. The Labute approximate surface area is 240 Å². The number of alkyl halides is 3. The second-order valence-electron chi connectivity index (χ2n) is 12.4. The summed E-state index contributed by atoms with van der Waals surface area (Å²) in [6, 6.07) is 9.64. The Morgan fingerprint density at radius 2 is 1.80 bits per heavy atom. The van der Waals surface area contributed by atoms with Gasteiger partial charge in [-0.25, -0.2) is 8.42 Å². The highest BCUT2D eigenvalue weighted by atomic mass is 32.2. The van der Waals surface area contributed by atoms with Crippen LogP contribution in [0.5, 0.6) is 0 Å². The van der Waals surface area contributed by atoms with Crippen LogP contribution in [0.1, 0.15) is 88.7 Å². The van der Waals surface area contributed by atoms with Gasteiger partial charge in [-0.1, -0.05) is 24.3 Å². The quantitative estimate of drug-likeness (QED) is 0.430. The molecule has 0 bridgehead atoms. The van der Waals surface area contributed by atoms with Crippen molar-refractivity contribution in [1.82, 2.24) is 10.6 Å². The number of ether oxygens (including phenoxy) is 2. The van der Waals surface area contributed by atoms with Crippen LogP contribution < -0.4 is 10.6 Å². The lowest BCUT2D eigenvalue weighted by Gasteiger charge is -2.30. The average molecular weight is 597 g/mol. The smallest absolute Gasteiger partial charge is 0.347 e. The van der Waals surface area contributed by atoms with E-state index in [0.29, 0.717) is 12.5 Å². The molecule has 4 atom stereocenters. The van der Waals surface area contributed by atoms with Crippen LogP contribution in [-0.2, 0) is 36.7 Å². The standard InChI is InChI=1S/C30H39F3N2O5S/c1-18(35-28(2,3)4)19-13-14-23-20(15-19)9-7-12-24(23)34-27(36)26-25(39-29(5,6)40-26)17-41(37,38)22-11-8-10-21(16-22)30(31,32)33/h8,10-11,13-16,18,24-26,35H,7,9,12,17H2,1-6H3,(H,34,36)/t18-,24?,25-,26-/m1/s1. The molecular weight excluding hydrogens is 557 g/mol. The highest BCUT2D eigenvalue weighted by Crippen LogP contribution is 2.35. The van der Waals surface area contributed by atoms with Gasteiger partial charge in [-0.3, -0.25) is 4.79 Å². The van der Waals surface area contributed by atoms with Gasteiger partial charge in [0.2, 0.25) is 0 Å². The number of nitrogens with one attached hydrogen (secondary N) is 2. The first-order chi connectivity index (χ1) is 18.8. The zero-order valence-electron chi connectivity index (χ0n) is 24.3. The monoisotopic (exact) mass is 596 g/mol. The Morgan fingerprint density at radius 1 is 1.10 bits per heavy atom. The number of halogens is 3. The summed E-state index contributed by atoms with van der Waals surface area (Å²) in [5, 5.41) is 6.59. The molecule has 1 saturated heterocycles. The largest absolute Gasteiger partial charge is 0.416 e. The van der Waals surface area contributed by atoms with Crippen LogP contribution in [0.2, 0.25) is 0 Å². The van der Waals surface area contributed by atoms with Gasteiger partial charge in [0.05, 0.1) is 22.3 Å². The summed E-state index contributed by atoms with van der Waals surface area (Å²) in [5.74, 6) is -2.49. The molecule has 41 heavy (non-hydrogen) atoms. The topological polar surface area (TPSA) is 93.7 Å². The maximum atomic E-state index is 13.5. The number of sulfone groups is 1. The maximum Gasteiger partial charge on any atom is 0.416 e. The number of aryl methyl sites for hydroxylation is 1. The normalized spacial score (nSPS) is 23.6. The first-order valence-corrected chi connectivity index (χ1v) is 15.5. The van der Waals surface area contributed by atoms with Gasteiger partial charge in [0.25, 0.3) is 5.91 Å². The van der Waals surface area contributed by atoms with Crippen LogP contribution in [0.4, 0.5) is 13.2 Å². The van der Waals surface area contributed by atoms with Crippen LogP contribution in [0.15, 0.2) is 47.4 Å². The fraction of sp³-hybridized carbons (Fsp3) is 0.567. The molecule has 1 unspecified atom stereocenters. The summed E-state index contributed by atoms with van der Waals surface area (Å²) in [6.45, 7) is 11.6. The van der Waals surface area contributed by atoms with Gasteiger partial charge >= 0.3 is 6.18 Å². The van der Waals surface area contributed by atoms with Crippen molar-refractivity contribution in [2.45, 2.75) is 107 Å². The Hall–Kier alpha value is -2.47. The molecule has 0 spiro atoms. The fourth-order valence-electron chi connectivity index (χ4n) is 5.60. The third-order valence-electron chi connectivity index (χ3n) is 7.29. The zero-order chi connectivity index (χ0) is 30.4. The molecule has 0 saturated carbocycles. The predicted octanol–water partition coefficient (Wildman–Crippen LogP) is 5.64. The van der Waals surface area contributed by atoms with Crippen molar-refractivity contribution in [3.8, 4) is 0 Å². The second-order valence-corrected chi connectivity index (χ2v) is 14.5. The van der Waals surface area contributed by atoms with Crippen molar-refractivity contribution in [2.75, 3.05) is 5.75 Å². The molecule has 4 rings (SSSR count). The number of carbonyl (C=O) groups is 1. The molecule has 1 fully saturated rings. The van der Waals surface area contributed by atoms with Gasteiger partial charge in [-0.15, -0.1) is 0 Å². The second kappa shape index (κ2) is 11.3. The van der Waals surface area contributed by atoms with Crippen molar-refractivity contribution in [3.63, 3.8) is 0 Å². The number of benzene rings is 2. The molecular formula is C30H39F3N2O5S. The fourth-order valence-corrected chi connectivity index (χ4v) is 7.06. The van der Waals surface area contributed by atoms with E-state index in [-0.39, 0.29) is 17.6 Å². The van der Waals surface area contributed by atoms with Crippen molar-refractivity contribution in [2.24, 2.45) is 0 Å². The van der Waals surface area contributed by atoms with Crippen LogP contribution in [0.25, 0.3) is 0 Å². The molecule has 1 heterocycles. The molecule has 226 valence electrons. The van der Waals surface area contributed by atoms with E-state index in [2.05, 4.69) is 50.5 Å². The molecule has 11 heteroatoms. The van der Waals surface area contributed by atoms with Gasteiger partial charge in [0.1, 0.15) is 6.10 Å². The lowest BCUT2D eigenvalue weighted by molar-refractivity contribution is -0.155. The van der Waals surface area contributed by atoms with E-state index in [1.54, 1.807) is 13.8 Å². The Bertz CT molecular complexity index is 1390.